The number of rotatable bonds is 11. The van der Waals surface area contributed by atoms with Gasteiger partial charge in [0.25, 0.3) is 0 Å². The number of aromatic nitrogens is 1. The molecule has 7 heteroatoms. The first kappa shape index (κ1) is 27.8. The molecule has 0 saturated carbocycles. The lowest BCUT2D eigenvalue weighted by atomic mass is 10.1. The number of nitrogens with one attached hydrogen (secondary N) is 1. The second-order valence-corrected chi connectivity index (χ2v) is 10.4. The maximum absolute atomic E-state index is 12.4. The molecule has 1 aliphatic rings. The van der Waals surface area contributed by atoms with Gasteiger partial charge in [-0.3, -0.25) is 4.79 Å². The molecule has 0 radical (unpaired) electrons. The van der Waals surface area contributed by atoms with Crippen molar-refractivity contribution in [3.8, 4) is 11.1 Å². The second kappa shape index (κ2) is 13.6. The summed E-state index contributed by atoms with van der Waals surface area (Å²) in [5, 5.41) is 11.8. The quantitative estimate of drug-likeness (QED) is 0.127. The van der Waals surface area contributed by atoms with Gasteiger partial charge in [0.1, 0.15) is 17.8 Å². The van der Waals surface area contributed by atoms with Crippen LogP contribution in [0.1, 0.15) is 37.1 Å². The number of ether oxygens (including phenoxy) is 1. The summed E-state index contributed by atoms with van der Waals surface area (Å²) in [7, 11) is 0. The van der Waals surface area contributed by atoms with Crippen LogP contribution >= 0.6 is 0 Å². The Kier molecular flexibility index (Phi) is 8.79. The van der Waals surface area contributed by atoms with Gasteiger partial charge >= 0.3 is 0 Å². The predicted molar refractivity (Wildman–Crippen MR) is 170 cm³/mol. The van der Waals surface area contributed by atoms with E-state index in [0.29, 0.717) is 29.3 Å². The molecule has 0 saturated heterocycles. The Labute approximate surface area is 250 Å². The Balaban J connectivity index is 1.06. The monoisotopic (exact) mass is 568 g/mol. The van der Waals surface area contributed by atoms with Crippen molar-refractivity contribution in [2.75, 3.05) is 11.9 Å². The number of hydrogen-bond donors (Lipinski definition) is 1. The third-order valence-electron chi connectivity index (χ3n) is 7.24. The van der Waals surface area contributed by atoms with E-state index in [0.717, 1.165) is 53.6 Å². The number of benzene rings is 4. The van der Waals surface area contributed by atoms with Crippen molar-refractivity contribution < 1.29 is 13.9 Å². The van der Waals surface area contributed by atoms with Crippen molar-refractivity contribution in [2.45, 2.75) is 32.1 Å². The lowest BCUT2D eigenvalue weighted by molar-refractivity contribution is -0.116. The lowest BCUT2D eigenvalue weighted by Crippen LogP contribution is -2.10. The third kappa shape index (κ3) is 7.32. The molecule has 2 heterocycles. The molecule has 0 spiro atoms. The minimum Gasteiger partial charge on any atom is -0.495 e. The number of hydrogen-bond acceptors (Lipinski definition) is 6. The van der Waals surface area contributed by atoms with Gasteiger partial charge in [0.2, 0.25) is 11.8 Å². The molecule has 0 bridgehead atoms. The van der Waals surface area contributed by atoms with Crippen molar-refractivity contribution in [3.63, 3.8) is 0 Å². The van der Waals surface area contributed by atoms with Gasteiger partial charge in [-0.1, -0.05) is 73.2 Å². The maximum atomic E-state index is 12.4. The van der Waals surface area contributed by atoms with E-state index in [9.17, 15) is 4.79 Å². The van der Waals surface area contributed by atoms with E-state index in [1.165, 1.54) is 5.56 Å². The van der Waals surface area contributed by atoms with Crippen molar-refractivity contribution in [2.24, 2.45) is 10.2 Å². The van der Waals surface area contributed by atoms with Crippen LogP contribution in [0.25, 0.3) is 27.8 Å². The van der Waals surface area contributed by atoms with Crippen LogP contribution in [0, 0.1) is 0 Å². The van der Waals surface area contributed by atoms with E-state index in [2.05, 4.69) is 51.9 Å². The lowest BCUT2D eigenvalue weighted by Gasteiger charge is -2.10. The molecule has 1 aliphatic heterocycles. The van der Waals surface area contributed by atoms with Gasteiger partial charge in [-0.05, 0) is 78.4 Å². The summed E-state index contributed by atoms with van der Waals surface area (Å²) in [5.41, 5.74) is 7.73. The molecule has 5 aromatic rings. The SMILES string of the molecule is O=C(CCCCCc1ccccc1)Nc1ccc(N=NC2=C(c3nc4cc(-c5ccccc5)ccc4o3)C=COC2)cc1. The molecular weight excluding hydrogens is 536 g/mol. The molecule has 0 atom stereocenters. The minimum absolute atomic E-state index is 0.0178. The van der Waals surface area contributed by atoms with Crippen LogP contribution in [-0.2, 0) is 16.0 Å². The average Bonchev–Trinajstić information content (AvgIpc) is 3.49. The van der Waals surface area contributed by atoms with Gasteiger partial charge in [-0.15, -0.1) is 0 Å². The van der Waals surface area contributed by atoms with Crippen molar-refractivity contribution in [3.05, 3.63) is 133 Å². The van der Waals surface area contributed by atoms with E-state index in [4.69, 9.17) is 14.1 Å². The van der Waals surface area contributed by atoms with E-state index in [1.807, 2.05) is 66.7 Å². The van der Waals surface area contributed by atoms with E-state index < -0.39 is 0 Å². The number of oxazole rings is 1. The van der Waals surface area contributed by atoms with Crippen LogP contribution in [0.15, 0.2) is 136 Å². The number of anilines is 1. The first-order valence-electron chi connectivity index (χ1n) is 14.5. The number of allylic oxidation sites excluding steroid dienone is 2. The molecule has 0 unspecified atom stereocenters. The molecule has 1 aromatic heterocycles. The zero-order valence-corrected chi connectivity index (χ0v) is 23.8. The van der Waals surface area contributed by atoms with Gasteiger partial charge in [-0.25, -0.2) is 4.98 Å². The molecule has 214 valence electrons. The Hall–Kier alpha value is -5.30. The van der Waals surface area contributed by atoms with Gasteiger partial charge in [-0.2, -0.15) is 10.2 Å². The van der Waals surface area contributed by atoms with Crippen LogP contribution in [0.4, 0.5) is 11.4 Å². The Morgan fingerprint density at radius 2 is 1.60 bits per heavy atom. The molecule has 4 aromatic carbocycles. The molecule has 7 nitrogen and oxygen atoms in total. The number of amides is 1. The van der Waals surface area contributed by atoms with Crippen molar-refractivity contribution in [1.82, 2.24) is 4.98 Å². The molecule has 0 aliphatic carbocycles. The van der Waals surface area contributed by atoms with Crippen LogP contribution in [-0.4, -0.2) is 17.5 Å². The summed E-state index contributed by atoms with van der Waals surface area (Å²) < 4.78 is 11.6. The Morgan fingerprint density at radius 1 is 0.814 bits per heavy atom. The largest absolute Gasteiger partial charge is 0.495 e. The van der Waals surface area contributed by atoms with Crippen LogP contribution in [0.3, 0.4) is 0 Å². The topological polar surface area (TPSA) is 89.1 Å². The van der Waals surface area contributed by atoms with Crippen molar-refractivity contribution >= 4 is 34.0 Å². The number of aryl methyl sites for hydroxylation is 1. The highest BCUT2D eigenvalue weighted by Crippen LogP contribution is 2.31. The number of nitrogens with zero attached hydrogens (tertiary/aromatic N) is 3. The fraction of sp³-hybridized carbons (Fsp3) is 0.167. The Morgan fingerprint density at radius 3 is 2.42 bits per heavy atom. The summed E-state index contributed by atoms with van der Waals surface area (Å²) >= 11 is 0. The molecule has 1 amide bonds. The smallest absolute Gasteiger partial charge is 0.229 e. The number of carbonyl (C=O) groups is 1. The summed E-state index contributed by atoms with van der Waals surface area (Å²) in [6.07, 6.45) is 7.93. The molecule has 43 heavy (non-hydrogen) atoms. The van der Waals surface area contributed by atoms with Gasteiger partial charge in [0, 0.05) is 12.1 Å². The minimum atomic E-state index is 0.0178. The van der Waals surface area contributed by atoms with Gasteiger partial charge < -0.3 is 14.5 Å². The average molecular weight is 569 g/mol. The third-order valence-corrected chi connectivity index (χ3v) is 7.24. The highest BCUT2D eigenvalue weighted by Gasteiger charge is 2.18. The standard InChI is InChI=1S/C36H32N4O3/c41-35(15-9-2-6-12-26-10-4-1-5-11-26)37-29-17-19-30(20-18-29)39-40-33-25-42-23-22-31(33)36-38-32-24-28(16-21-34(32)43-36)27-13-7-3-8-14-27/h1,3-5,7-8,10-11,13-14,16-24H,2,6,9,12,15,25H2,(H,37,41). The predicted octanol–water partition coefficient (Wildman–Crippen LogP) is 9.28. The highest BCUT2D eigenvalue weighted by molar-refractivity contribution is 5.90. The van der Waals surface area contributed by atoms with E-state index in [1.54, 1.807) is 12.3 Å². The summed E-state index contributed by atoms with van der Waals surface area (Å²) in [6.45, 7) is 0.253. The molecule has 1 N–H and O–H groups in total. The zero-order chi connectivity index (χ0) is 29.3. The van der Waals surface area contributed by atoms with Crippen LogP contribution in [0.5, 0.6) is 0 Å². The molecule has 0 fully saturated rings. The molecule has 6 rings (SSSR count). The second-order valence-electron chi connectivity index (χ2n) is 10.4. The van der Waals surface area contributed by atoms with Gasteiger partial charge in [0.15, 0.2) is 5.58 Å². The van der Waals surface area contributed by atoms with Crippen molar-refractivity contribution in [1.29, 1.82) is 0 Å². The fourth-order valence-corrected chi connectivity index (χ4v) is 4.94. The molecular formula is C36H32N4O3. The summed E-state index contributed by atoms with van der Waals surface area (Å²) in [6, 6.07) is 33.9. The van der Waals surface area contributed by atoms with Crippen LogP contribution in [0.2, 0.25) is 0 Å². The maximum Gasteiger partial charge on any atom is 0.229 e. The summed E-state index contributed by atoms with van der Waals surface area (Å²) in [5.74, 6) is 0.482. The highest BCUT2D eigenvalue weighted by atomic mass is 16.5. The number of azo groups is 1. The van der Waals surface area contributed by atoms with E-state index in [-0.39, 0.29) is 12.5 Å². The number of carbonyl (C=O) groups excluding carboxylic acids is 1. The normalized spacial score (nSPS) is 13.0. The first-order chi connectivity index (χ1) is 21.2. The van der Waals surface area contributed by atoms with Gasteiger partial charge in [0.05, 0.1) is 17.5 Å². The number of unbranched alkanes of at least 4 members (excludes halogenated alkanes) is 2. The first-order valence-corrected chi connectivity index (χ1v) is 14.5. The Bertz CT molecular complexity index is 1770. The van der Waals surface area contributed by atoms with Crippen LogP contribution < -0.4 is 5.32 Å². The summed E-state index contributed by atoms with van der Waals surface area (Å²) in [4.78, 5) is 17.1. The zero-order valence-electron chi connectivity index (χ0n) is 23.8. The number of fused-ring (bicyclic) bond motifs is 1. The fourth-order valence-electron chi connectivity index (χ4n) is 4.94. The van der Waals surface area contributed by atoms with E-state index >= 15 is 0 Å².